The van der Waals surface area contributed by atoms with Gasteiger partial charge in [0.25, 0.3) is 0 Å². The van der Waals surface area contributed by atoms with E-state index in [4.69, 9.17) is 9.84 Å². The number of hydrogen-bond donors (Lipinski definition) is 1. The van der Waals surface area contributed by atoms with Gasteiger partial charge in [0.05, 0.1) is 18.9 Å². The fraction of sp³-hybridized carbons (Fsp3) is 0.667. The van der Waals surface area contributed by atoms with Crippen LogP contribution in [-0.2, 0) is 11.3 Å². The summed E-state index contributed by atoms with van der Waals surface area (Å²) >= 11 is 0. The van der Waals surface area contributed by atoms with Crippen LogP contribution in [0.2, 0.25) is 0 Å². The molecule has 0 saturated carbocycles. The Balaban J connectivity index is 2.96. The Morgan fingerprint density at radius 2 is 2.12 bits per heavy atom. The molecule has 0 amide bonds. The summed E-state index contributed by atoms with van der Waals surface area (Å²) < 4.78 is 5.08. The molecule has 0 unspecified atom stereocenters. The number of ether oxygens (including phenoxy) is 1. The summed E-state index contributed by atoms with van der Waals surface area (Å²) in [5.74, 6) is 0.654. The summed E-state index contributed by atoms with van der Waals surface area (Å²) in [6, 6.07) is 2.08. The quantitative estimate of drug-likeness (QED) is 0.806. The highest BCUT2D eigenvalue weighted by molar-refractivity contribution is 5.33. The first-order valence-corrected chi connectivity index (χ1v) is 5.79. The number of aliphatic hydroxyl groups excluding tert-OH is 1. The van der Waals surface area contributed by atoms with Gasteiger partial charge in [0.1, 0.15) is 0 Å². The molecule has 0 aromatic carbocycles. The van der Waals surface area contributed by atoms with E-state index in [-0.39, 0.29) is 6.61 Å². The van der Waals surface area contributed by atoms with Crippen LogP contribution in [0.3, 0.4) is 0 Å². The van der Waals surface area contributed by atoms with Gasteiger partial charge < -0.3 is 14.7 Å². The zero-order chi connectivity index (χ0) is 12.8. The van der Waals surface area contributed by atoms with Gasteiger partial charge in [-0.05, 0) is 26.8 Å². The molecule has 96 valence electrons. The standard InChI is InChI=1S/C12H21N3O2/c1-9(2)15(5-6-17-4)12-13-10(3)7-11(8-16)14-12/h7,9,16H,5-6,8H2,1-4H3. The average Bonchev–Trinajstić information content (AvgIpc) is 2.28. The maximum absolute atomic E-state index is 9.15. The van der Waals surface area contributed by atoms with Gasteiger partial charge in [-0.1, -0.05) is 0 Å². The van der Waals surface area contributed by atoms with Crippen LogP contribution in [0, 0.1) is 6.92 Å². The van der Waals surface area contributed by atoms with E-state index in [2.05, 4.69) is 28.7 Å². The van der Waals surface area contributed by atoms with Crippen molar-refractivity contribution in [3.63, 3.8) is 0 Å². The number of hydrogen-bond acceptors (Lipinski definition) is 5. The molecule has 1 heterocycles. The van der Waals surface area contributed by atoms with Crippen molar-refractivity contribution in [1.29, 1.82) is 0 Å². The maximum atomic E-state index is 9.15. The molecule has 5 heteroatoms. The Bertz CT molecular complexity index is 356. The summed E-state index contributed by atoms with van der Waals surface area (Å²) in [5, 5.41) is 9.15. The normalized spacial score (nSPS) is 10.9. The molecule has 1 N–H and O–H groups in total. The Morgan fingerprint density at radius 3 is 2.65 bits per heavy atom. The van der Waals surface area contributed by atoms with Crippen molar-refractivity contribution in [2.45, 2.75) is 33.4 Å². The fourth-order valence-corrected chi connectivity index (χ4v) is 1.61. The van der Waals surface area contributed by atoms with E-state index >= 15 is 0 Å². The van der Waals surface area contributed by atoms with Crippen molar-refractivity contribution < 1.29 is 9.84 Å². The van der Waals surface area contributed by atoms with Gasteiger partial charge in [0, 0.05) is 25.4 Å². The summed E-state index contributed by atoms with van der Waals surface area (Å²) in [4.78, 5) is 10.8. The number of aryl methyl sites for hydroxylation is 1. The summed E-state index contributed by atoms with van der Waals surface area (Å²) in [7, 11) is 1.68. The van der Waals surface area contributed by atoms with Gasteiger partial charge in [-0.15, -0.1) is 0 Å². The SMILES string of the molecule is COCCN(c1nc(C)cc(CO)n1)C(C)C. The first kappa shape index (κ1) is 13.9. The van der Waals surface area contributed by atoms with E-state index in [9.17, 15) is 0 Å². The van der Waals surface area contributed by atoms with E-state index in [1.54, 1.807) is 13.2 Å². The Morgan fingerprint density at radius 1 is 1.41 bits per heavy atom. The van der Waals surface area contributed by atoms with Crippen LogP contribution >= 0.6 is 0 Å². The second-order valence-corrected chi connectivity index (χ2v) is 4.24. The smallest absolute Gasteiger partial charge is 0.226 e. The first-order chi connectivity index (χ1) is 8.08. The van der Waals surface area contributed by atoms with E-state index in [1.165, 1.54) is 0 Å². The van der Waals surface area contributed by atoms with E-state index in [0.717, 1.165) is 12.2 Å². The van der Waals surface area contributed by atoms with Crippen molar-refractivity contribution >= 4 is 5.95 Å². The molecular formula is C12H21N3O2. The van der Waals surface area contributed by atoms with Crippen LogP contribution in [0.5, 0.6) is 0 Å². The number of methoxy groups -OCH3 is 1. The maximum Gasteiger partial charge on any atom is 0.226 e. The Hall–Kier alpha value is -1.20. The van der Waals surface area contributed by atoms with Crippen LogP contribution in [-0.4, -0.2) is 41.4 Å². The molecular weight excluding hydrogens is 218 g/mol. The first-order valence-electron chi connectivity index (χ1n) is 5.79. The Kier molecular flexibility index (Phi) is 5.31. The lowest BCUT2D eigenvalue weighted by Crippen LogP contribution is -2.35. The van der Waals surface area contributed by atoms with Gasteiger partial charge in [-0.3, -0.25) is 0 Å². The molecule has 0 fully saturated rings. The van der Waals surface area contributed by atoms with Crippen molar-refractivity contribution in [1.82, 2.24) is 9.97 Å². The van der Waals surface area contributed by atoms with Crippen LogP contribution < -0.4 is 4.90 Å². The number of anilines is 1. The highest BCUT2D eigenvalue weighted by Crippen LogP contribution is 2.13. The second-order valence-electron chi connectivity index (χ2n) is 4.24. The summed E-state index contributed by atoms with van der Waals surface area (Å²) in [6.45, 7) is 7.37. The van der Waals surface area contributed by atoms with Gasteiger partial charge in [-0.2, -0.15) is 0 Å². The molecule has 0 bridgehead atoms. The number of aromatic nitrogens is 2. The zero-order valence-electron chi connectivity index (χ0n) is 11.0. The fourth-order valence-electron chi connectivity index (χ4n) is 1.61. The predicted molar refractivity (Wildman–Crippen MR) is 67.0 cm³/mol. The van der Waals surface area contributed by atoms with Crippen molar-refractivity contribution in [2.75, 3.05) is 25.2 Å². The largest absolute Gasteiger partial charge is 0.390 e. The molecule has 1 aromatic rings. The topological polar surface area (TPSA) is 58.5 Å². The van der Waals surface area contributed by atoms with Gasteiger partial charge >= 0.3 is 0 Å². The minimum absolute atomic E-state index is 0.0629. The third-order valence-electron chi connectivity index (χ3n) is 2.47. The lowest BCUT2D eigenvalue weighted by molar-refractivity contribution is 0.203. The molecule has 1 aromatic heterocycles. The molecule has 1 rings (SSSR count). The molecule has 0 aliphatic heterocycles. The minimum atomic E-state index is -0.0629. The molecule has 17 heavy (non-hydrogen) atoms. The highest BCUT2D eigenvalue weighted by Gasteiger charge is 2.14. The van der Waals surface area contributed by atoms with Crippen molar-refractivity contribution in [2.24, 2.45) is 0 Å². The van der Waals surface area contributed by atoms with Crippen LogP contribution in [0.25, 0.3) is 0 Å². The predicted octanol–water partition coefficient (Wildman–Crippen LogP) is 1.14. The monoisotopic (exact) mass is 239 g/mol. The summed E-state index contributed by atoms with van der Waals surface area (Å²) in [6.07, 6.45) is 0. The molecule has 0 spiro atoms. The third kappa shape index (κ3) is 3.94. The van der Waals surface area contributed by atoms with E-state index < -0.39 is 0 Å². The lowest BCUT2D eigenvalue weighted by atomic mass is 10.3. The highest BCUT2D eigenvalue weighted by atomic mass is 16.5. The van der Waals surface area contributed by atoms with Gasteiger partial charge in [-0.25, -0.2) is 9.97 Å². The van der Waals surface area contributed by atoms with Gasteiger partial charge in [0.15, 0.2) is 0 Å². The molecule has 0 aliphatic carbocycles. The van der Waals surface area contributed by atoms with E-state index in [0.29, 0.717) is 24.3 Å². The van der Waals surface area contributed by atoms with Crippen molar-refractivity contribution in [3.8, 4) is 0 Å². The zero-order valence-corrected chi connectivity index (χ0v) is 11.0. The van der Waals surface area contributed by atoms with Crippen LogP contribution in [0.15, 0.2) is 6.07 Å². The second kappa shape index (κ2) is 6.51. The van der Waals surface area contributed by atoms with E-state index in [1.807, 2.05) is 6.92 Å². The molecule has 0 atom stereocenters. The minimum Gasteiger partial charge on any atom is -0.390 e. The number of aliphatic hydroxyl groups is 1. The molecule has 0 saturated heterocycles. The lowest BCUT2D eigenvalue weighted by Gasteiger charge is -2.26. The third-order valence-corrected chi connectivity index (χ3v) is 2.47. The number of nitrogens with zero attached hydrogens (tertiary/aromatic N) is 3. The van der Waals surface area contributed by atoms with Crippen molar-refractivity contribution in [3.05, 3.63) is 17.5 Å². The van der Waals surface area contributed by atoms with Crippen LogP contribution in [0.4, 0.5) is 5.95 Å². The molecule has 0 aliphatic rings. The van der Waals surface area contributed by atoms with Gasteiger partial charge in [0.2, 0.25) is 5.95 Å². The number of rotatable bonds is 6. The summed E-state index contributed by atoms with van der Waals surface area (Å²) in [5.41, 5.74) is 1.51. The molecule has 0 radical (unpaired) electrons. The average molecular weight is 239 g/mol. The van der Waals surface area contributed by atoms with Crippen LogP contribution in [0.1, 0.15) is 25.2 Å². The Labute approximate surface area is 102 Å². The molecule has 5 nitrogen and oxygen atoms in total.